The van der Waals surface area contributed by atoms with Crippen LogP contribution in [-0.4, -0.2) is 14.8 Å². The zero-order valence-corrected chi connectivity index (χ0v) is 15.4. The Balaban J connectivity index is 1.69. The van der Waals surface area contributed by atoms with Crippen molar-refractivity contribution in [3.8, 4) is 0 Å². The van der Waals surface area contributed by atoms with Crippen molar-refractivity contribution in [1.82, 2.24) is 14.8 Å². The zero-order valence-electron chi connectivity index (χ0n) is 14.6. The van der Waals surface area contributed by atoms with Crippen molar-refractivity contribution >= 4 is 11.8 Å². The summed E-state index contributed by atoms with van der Waals surface area (Å²) in [7, 11) is 0. The number of thioether (sulfide) groups is 1. The van der Waals surface area contributed by atoms with Gasteiger partial charge in [-0.2, -0.15) is 0 Å². The van der Waals surface area contributed by atoms with E-state index in [0.717, 1.165) is 35.6 Å². The van der Waals surface area contributed by atoms with E-state index in [0.29, 0.717) is 0 Å². The van der Waals surface area contributed by atoms with Crippen LogP contribution in [0.2, 0.25) is 0 Å². The van der Waals surface area contributed by atoms with Gasteiger partial charge >= 0.3 is 0 Å². The Morgan fingerprint density at radius 1 is 1.25 bits per heavy atom. The molecule has 3 nitrogen and oxygen atoms in total. The molecule has 0 bridgehead atoms. The molecule has 1 aromatic heterocycles. The summed E-state index contributed by atoms with van der Waals surface area (Å²) < 4.78 is 2.25. The monoisotopic (exact) mass is 341 g/mol. The Morgan fingerprint density at radius 2 is 2.08 bits per heavy atom. The van der Waals surface area contributed by atoms with E-state index in [4.69, 9.17) is 0 Å². The minimum Gasteiger partial charge on any atom is -0.302 e. The molecule has 0 spiro atoms. The first kappa shape index (κ1) is 17.3. The van der Waals surface area contributed by atoms with Gasteiger partial charge in [-0.1, -0.05) is 79.8 Å². The summed E-state index contributed by atoms with van der Waals surface area (Å²) in [6.07, 6.45) is 9.83. The van der Waals surface area contributed by atoms with Crippen molar-refractivity contribution in [2.45, 2.75) is 62.9 Å². The van der Waals surface area contributed by atoms with Crippen LogP contribution in [0.15, 0.2) is 42.1 Å². The Morgan fingerprint density at radius 3 is 2.83 bits per heavy atom. The number of aryl methyl sites for hydroxylation is 1. The second-order valence-corrected chi connectivity index (χ2v) is 7.73. The lowest BCUT2D eigenvalue weighted by molar-refractivity contribution is 0.347. The number of hydrogen-bond acceptors (Lipinski definition) is 3. The van der Waals surface area contributed by atoms with Crippen LogP contribution in [0, 0.1) is 12.8 Å². The Labute approximate surface area is 149 Å². The van der Waals surface area contributed by atoms with Crippen LogP contribution >= 0.6 is 11.8 Å². The van der Waals surface area contributed by atoms with Crippen LogP contribution < -0.4 is 0 Å². The minimum atomic E-state index is 0.779. The van der Waals surface area contributed by atoms with Crippen molar-refractivity contribution in [3.63, 3.8) is 0 Å². The van der Waals surface area contributed by atoms with E-state index in [1.165, 1.54) is 43.2 Å². The Hall–Kier alpha value is -1.55. The lowest BCUT2D eigenvalue weighted by Gasteiger charge is -2.21. The summed E-state index contributed by atoms with van der Waals surface area (Å²) in [5.41, 5.74) is 2.64. The van der Waals surface area contributed by atoms with Gasteiger partial charge in [0.2, 0.25) is 0 Å². The highest BCUT2D eigenvalue weighted by Gasteiger charge is 2.19. The fraction of sp³-hybridized carbons (Fsp3) is 0.500. The first-order valence-corrected chi connectivity index (χ1v) is 9.96. The van der Waals surface area contributed by atoms with Crippen LogP contribution in [0.3, 0.4) is 0 Å². The number of rotatable bonds is 7. The van der Waals surface area contributed by atoms with Crippen LogP contribution in [0.4, 0.5) is 0 Å². The average molecular weight is 342 g/mol. The minimum absolute atomic E-state index is 0.779. The van der Waals surface area contributed by atoms with Gasteiger partial charge in [0.25, 0.3) is 0 Å². The van der Waals surface area contributed by atoms with Gasteiger partial charge in [-0.3, -0.25) is 0 Å². The molecule has 0 amide bonds. The van der Waals surface area contributed by atoms with Crippen LogP contribution in [0.5, 0.6) is 0 Å². The number of allylic oxidation sites excluding steroid dienone is 1. The van der Waals surface area contributed by atoms with Gasteiger partial charge in [-0.05, 0) is 18.4 Å². The topological polar surface area (TPSA) is 30.7 Å². The van der Waals surface area contributed by atoms with Gasteiger partial charge in [0.1, 0.15) is 5.82 Å². The molecule has 4 heteroatoms. The third-order valence-electron chi connectivity index (χ3n) is 4.75. The van der Waals surface area contributed by atoms with Crippen LogP contribution in [-0.2, 0) is 18.7 Å². The summed E-state index contributed by atoms with van der Waals surface area (Å²) in [6.45, 7) is 6.84. The summed E-state index contributed by atoms with van der Waals surface area (Å²) in [5, 5.41) is 9.98. The number of aromatic nitrogens is 3. The molecule has 0 atom stereocenters. The van der Waals surface area contributed by atoms with Crippen molar-refractivity contribution in [2.75, 3.05) is 0 Å². The van der Waals surface area contributed by atoms with E-state index in [1.54, 1.807) is 11.8 Å². The number of nitrogens with zero attached hydrogens (tertiary/aromatic N) is 3. The fourth-order valence-corrected chi connectivity index (χ4v) is 4.40. The molecule has 1 aromatic carbocycles. The van der Waals surface area contributed by atoms with Gasteiger partial charge in [0, 0.05) is 18.7 Å². The molecule has 0 saturated heterocycles. The predicted molar refractivity (Wildman–Crippen MR) is 101 cm³/mol. The second kappa shape index (κ2) is 8.52. The number of benzene rings is 1. The van der Waals surface area contributed by atoms with E-state index in [-0.39, 0.29) is 0 Å². The SMILES string of the molecule is C=CCn1c(CC2CCCCC2)nnc1SCc1cccc(C)c1. The average Bonchev–Trinajstić information content (AvgIpc) is 2.96. The van der Waals surface area contributed by atoms with Crippen LogP contribution in [0.1, 0.15) is 49.1 Å². The highest BCUT2D eigenvalue weighted by Crippen LogP contribution is 2.28. The molecule has 0 unspecified atom stereocenters. The van der Waals surface area contributed by atoms with Gasteiger partial charge in [-0.25, -0.2) is 0 Å². The second-order valence-electron chi connectivity index (χ2n) is 6.78. The molecule has 1 saturated carbocycles. The van der Waals surface area contributed by atoms with E-state index < -0.39 is 0 Å². The molecule has 3 rings (SSSR count). The lowest BCUT2D eigenvalue weighted by atomic mass is 9.87. The molecule has 1 aliphatic rings. The molecule has 0 aliphatic heterocycles. The fourth-order valence-electron chi connectivity index (χ4n) is 3.49. The largest absolute Gasteiger partial charge is 0.302 e. The Bertz CT molecular complexity index is 671. The third-order valence-corrected chi connectivity index (χ3v) is 5.79. The molecule has 0 N–H and O–H groups in total. The maximum absolute atomic E-state index is 4.50. The molecular weight excluding hydrogens is 314 g/mol. The maximum Gasteiger partial charge on any atom is 0.191 e. The molecule has 1 heterocycles. The van der Waals surface area contributed by atoms with Gasteiger partial charge in [0.15, 0.2) is 5.16 Å². The molecule has 1 aliphatic carbocycles. The first-order valence-electron chi connectivity index (χ1n) is 8.97. The van der Waals surface area contributed by atoms with E-state index in [1.807, 2.05) is 6.08 Å². The quantitative estimate of drug-likeness (QED) is 0.513. The normalized spacial score (nSPS) is 15.5. The standard InChI is InChI=1S/C20H27N3S/c1-3-12-23-19(14-17-9-5-4-6-10-17)21-22-20(23)24-15-18-11-7-8-16(2)13-18/h3,7-8,11,13,17H,1,4-6,9-10,12,14-15H2,2H3. The summed E-state index contributed by atoms with van der Waals surface area (Å²) in [5.74, 6) is 2.84. The Kier molecular flexibility index (Phi) is 6.13. The summed E-state index contributed by atoms with van der Waals surface area (Å²) in [6, 6.07) is 8.67. The van der Waals surface area contributed by atoms with Gasteiger partial charge in [0.05, 0.1) is 0 Å². The van der Waals surface area contributed by atoms with Crippen molar-refractivity contribution < 1.29 is 0 Å². The molecule has 1 fully saturated rings. The molecule has 0 radical (unpaired) electrons. The molecule has 2 aromatic rings. The number of hydrogen-bond donors (Lipinski definition) is 0. The molecule has 24 heavy (non-hydrogen) atoms. The van der Waals surface area contributed by atoms with Gasteiger partial charge in [-0.15, -0.1) is 16.8 Å². The first-order chi connectivity index (χ1) is 11.8. The van der Waals surface area contributed by atoms with Crippen molar-refractivity contribution in [1.29, 1.82) is 0 Å². The van der Waals surface area contributed by atoms with Crippen molar-refractivity contribution in [2.24, 2.45) is 5.92 Å². The molecule has 128 valence electrons. The zero-order chi connectivity index (χ0) is 16.8. The van der Waals surface area contributed by atoms with E-state index >= 15 is 0 Å². The molecular formula is C20H27N3S. The summed E-state index contributed by atoms with van der Waals surface area (Å²) in [4.78, 5) is 0. The predicted octanol–water partition coefficient (Wildman–Crippen LogP) is 5.19. The highest BCUT2D eigenvalue weighted by atomic mass is 32.2. The van der Waals surface area contributed by atoms with Crippen LogP contribution in [0.25, 0.3) is 0 Å². The van der Waals surface area contributed by atoms with E-state index in [9.17, 15) is 0 Å². The van der Waals surface area contributed by atoms with Gasteiger partial charge < -0.3 is 4.57 Å². The smallest absolute Gasteiger partial charge is 0.191 e. The van der Waals surface area contributed by atoms with E-state index in [2.05, 4.69) is 52.5 Å². The third kappa shape index (κ3) is 4.50. The highest BCUT2D eigenvalue weighted by molar-refractivity contribution is 7.98. The summed E-state index contributed by atoms with van der Waals surface area (Å²) >= 11 is 1.77. The van der Waals surface area contributed by atoms with Crippen molar-refractivity contribution in [3.05, 3.63) is 53.9 Å². The lowest BCUT2D eigenvalue weighted by Crippen LogP contribution is -2.13. The maximum atomic E-state index is 4.50.